The number of nitrogens with zero attached hydrogens (tertiary/aromatic N) is 4. The lowest BCUT2D eigenvalue weighted by Gasteiger charge is -2.26. The van der Waals surface area contributed by atoms with Gasteiger partial charge in [0.2, 0.25) is 5.91 Å². The monoisotopic (exact) mass is 318 g/mol. The average molecular weight is 318 g/mol. The molecule has 1 aromatic heterocycles. The Kier molecular flexibility index (Phi) is 5.46. The van der Waals surface area contributed by atoms with Crippen molar-refractivity contribution in [2.24, 2.45) is 0 Å². The zero-order chi connectivity index (χ0) is 16.1. The Hall–Kier alpha value is -1.66. The van der Waals surface area contributed by atoms with Crippen LogP contribution < -0.4 is 0 Å². The van der Waals surface area contributed by atoms with Crippen molar-refractivity contribution in [2.75, 3.05) is 39.4 Å². The SMILES string of the molecule is CC=CCN1CCn2nc(CCC(=O)N3CCOCC3)cc2C1. The molecule has 1 saturated heterocycles. The first-order chi connectivity index (χ1) is 11.3. The molecule has 0 unspecified atom stereocenters. The van der Waals surface area contributed by atoms with Gasteiger partial charge in [-0.3, -0.25) is 14.4 Å². The van der Waals surface area contributed by atoms with Crippen LogP contribution in [0.5, 0.6) is 0 Å². The summed E-state index contributed by atoms with van der Waals surface area (Å²) in [6.07, 6.45) is 5.55. The van der Waals surface area contributed by atoms with Crippen molar-refractivity contribution in [1.29, 1.82) is 0 Å². The van der Waals surface area contributed by atoms with E-state index in [-0.39, 0.29) is 5.91 Å². The van der Waals surface area contributed by atoms with Gasteiger partial charge in [-0.2, -0.15) is 5.10 Å². The van der Waals surface area contributed by atoms with Crippen LogP contribution in [-0.2, 0) is 29.0 Å². The van der Waals surface area contributed by atoms with E-state index in [4.69, 9.17) is 4.74 Å². The van der Waals surface area contributed by atoms with Gasteiger partial charge in [0.25, 0.3) is 0 Å². The molecular weight excluding hydrogens is 292 g/mol. The summed E-state index contributed by atoms with van der Waals surface area (Å²) in [7, 11) is 0. The van der Waals surface area contributed by atoms with E-state index >= 15 is 0 Å². The number of hydrogen-bond donors (Lipinski definition) is 0. The zero-order valence-corrected chi connectivity index (χ0v) is 13.9. The van der Waals surface area contributed by atoms with Gasteiger partial charge in [0.05, 0.1) is 31.1 Å². The van der Waals surface area contributed by atoms with Crippen molar-refractivity contribution < 1.29 is 9.53 Å². The van der Waals surface area contributed by atoms with Gasteiger partial charge in [0.1, 0.15) is 0 Å². The predicted octanol–water partition coefficient (Wildman–Crippen LogP) is 1.07. The maximum atomic E-state index is 12.2. The molecule has 0 bridgehead atoms. The molecule has 2 aliphatic rings. The van der Waals surface area contributed by atoms with Crippen molar-refractivity contribution >= 4 is 5.91 Å². The fraction of sp³-hybridized carbons (Fsp3) is 0.647. The molecule has 1 amide bonds. The Morgan fingerprint density at radius 3 is 2.91 bits per heavy atom. The predicted molar refractivity (Wildman–Crippen MR) is 88.0 cm³/mol. The molecule has 6 heteroatoms. The first kappa shape index (κ1) is 16.2. The van der Waals surface area contributed by atoms with E-state index in [1.165, 1.54) is 5.69 Å². The van der Waals surface area contributed by atoms with Gasteiger partial charge in [-0.05, 0) is 13.0 Å². The van der Waals surface area contributed by atoms with E-state index in [1.807, 2.05) is 4.90 Å². The van der Waals surface area contributed by atoms with E-state index < -0.39 is 0 Å². The molecule has 6 nitrogen and oxygen atoms in total. The molecule has 0 N–H and O–H groups in total. The molecule has 0 radical (unpaired) electrons. The molecule has 0 spiro atoms. The Balaban J connectivity index is 1.52. The molecular formula is C17H26N4O2. The van der Waals surface area contributed by atoms with Crippen LogP contribution in [0.25, 0.3) is 0 Å². The summed E-state index contributed by atoms with van der Waals surface area (Å²) < 4.78 is 7.38. The van der Waals surface area contributed by atoms with Crippen molar-refractivity contribution in [3.63, 3.8) is 0 Å². The minimum atomic E-state index is 0.217. The van der Waals surface area contributed by atoms with E-state index in [2.05, 4.69) is 39.8 Å². The highest BCUT2D eigenvalue weighted by Gasteiger charge is 2.20. The lowest BCUT2D eigenvalue weighted by Crippen LogP contribution is -2.40. The van der Waals surface area contributed by atoms with E-state index in [1.54, 1.807) is 0 Å². The molecule has 23 heavy (non-hydrogen) atoms. The third kappa shape index (κ3) is 4.20. The highest BCUT2D eigenvalue weighted by molar-refractivity contribution is 5.76. The normalized spacial score (nSPS) is 19.3. The maximum Gasteiger partial charge on any atom is 0.223 e. The summed E-state index contributed by atoms with van der Waals surface area (Å²) in [5.41, 5.74) is 2.30. The van der Waals surface area contributed by atoms with Gasteiger partial charge >= 0.3 is 0 Å². The lowest BCUT2D eigenvalue weighted by atomic mass is 10.2. The van der Waals surface area contributed by atoms with Gasteiger partial charge in [-0.15, -0.1) is 0 Å². The van der Waals surface area contributed by atoms with Crippen molar-refractivity contribution in [1.82, 2.24) is 19.6 Å². The van der Waals surface area contributed by atoms with Gasteiger partial charge in [0, 0.05) is 45.6 Å². The number of aromatic nitrogens is 2. The minimum Gasteiger partial charge on any atom is -0.378 e. The van der Waals surface area contributed by atoms with Crippen LogP contribution >= 0.6 is 0 Å². The summed E-state index contributed by atoms with van der Waals surface area (Å²) >= 11 is 0. The smallest absolute Gasteiger partial charge is 0.223 e. The van der Waals surface area contributed by atoms with Gasteiger partial charge in [-0.25, -0.2) is 0 Å². The summed E-state index contributed by atoms with van der Waals surface area (Å²) in [5, 5.41) is 4.66. The zero-order valence-electron chi connectivity index (χ0n) is 13.9. The number of hydrogen-bond acceptors (Lipinski definition) is 4. The molecule has 1 fully saturated rings. The average Bonchev–Trinajstić information content (AvgIpc) is 3.00. The van der Waals surface area contributed by atoms with Crippen LogP contribution in [0.15, 0.2) is 18.2 Å². The number of carbonyl (C=O) groups excluding carboxylic acids is 1. The Bertz CT molecular complexity index is 561. The molecule has 3 rings (SSSR count). The van der Waals surface area contributed by atoms with Crippen LogP contribution in [0.3, 0.4) is 0 Å². The first-order valence-electron chi connectivity index (χ1n) is 8.51. The van der Waals surface area contributed by atoms with E-state index in [9.17, 15) is 4.79 Å². The largest absolute Gasteiger partial charge is 0.378 e. The summed E-state index contributed by atoms with van der Waals surface area (Å²) in [6, 6.07) is 2.16. The molecule has 0 atom stereocenters. The highest BCUT2D eigenvalue weighted by Crippen LogP contribution is 2.15. The molecule has 1 aromatic rings. The highest BCUT2D eigenvalue weighted by atomic mass is 16.5. The number of ether oxygens (including phenoxy) is 1. The van der Waals surface area contributed by atoms with Crippen LogP contribution in [0, 0.1) is 0 Å². The number of fused-ring (bicyclic) bond motifs is 1. The van der Waals surface area contributed by atoms with E-state index in [0.29, 0.717) is 19.6 Å². The van der Waals surface area contributed by atoms with Crippen molar-refractivity contribution in [3.05, 3.63) is 29.6 Å². The number of rotatable bonds is 5. The van der Waals surface area contributed by atoms with Gasteiger partial charge in [0.15, 0.2) is 0 Å². The van der Waals surface area contributed by atoms with Gasteiger partial charge < -0.3 is 9.64 Å². The summed E-state index contributed by atoms with van der Waals surface area (Å²) in [4.78, 5) is 16.5. The molecule has 2 aliphatic heterocycles. The molecule has 3 heterocycles. The van der Waals surface area contributed by atoms with E-state index in [0.717, 1.165) is 51.4 Å². The number of allylic oxidation sites excluding steroid dienone is 1. The van der Waals surface area contributed by atoms with Crippen LogP contribution in [0.1, 0.15) is 24.7 Å². The third-order valence-corrected chi connectivity index (χ3v) is 4.49. The minimum absolute atomic E-state index is 0.217. The lowest BCUT2D eigenvalue weighted by molar-refractivity contribution is -0.135. The summed E-state index contributed by atoms with van der Waals surface area (Å²) in [6.45, 7) is 8.71. The van der Waals surface area contributed by atoms with Crippen LogP contribution in [0.2, 0.25) is 0 Å². The number of aryl methyl sites for hydroxylation is 1. The molecule has 0 aliphatic carbocycles. The third-order valence-electron chi connectivity index (χ3n) is 4.49. The second kappa shape index (κ2) is 7.75. The van der Waals surface area contributed by atoms with Crippen molar-refractivity contribution in [2.45, 2.75) is 32.9 Å². The number of morpholine rings is 1. The Morgan fingerprint density at radius 2 is 2.13 bits per heavy atom. The van der Waals surface area contributed by atoms with Gasteiger partial charge in [-0.1, -0.05) is 12.2 Å². The first-order valence-corrected chi connectivity index (χ1v) is 8.51. The Labute approximate surface area is 137 Å². The van der Waals surface area contributed by atoms with Crippen LogP contribution in [0.4, 0.5) is 0 Å². The number of carbonyl (C=O) groups is 1. The summed E-state index contributed by atoms with van der Waals surface area (Å²) in [5.74, 6) is 0.217. The second-order valence-corrected chi connectivity index (χ2v) is 6.15. The standard InChI is InChI=1S/C17H26N4O2/c1-2-3-6-19-7-8-21-16(14-19)13-15(18-21)4-5-17(22)20-9-11-23-12-10-20/h2-3,13H,4-12,14H2,1H3. The quantitative estimate of drug-likeness (QED) is 0.762. The molecule has 0 saturated carbocycles. The fourth-order valence-corrected chi connectivity index (χ4v) is 3.12. The maximum absolute atomic E-state index is 12.2. The second-order valence-electron chi connectivity index (χ2n) is 6.15. The molecule has 0 aromatic carbocycles. The van der Waals surface area contributed by atoms with Crippen molar-refractivity contribution in [3.8, 4) is 0 Å². The number of amides is 1. The molecule has 126 valence electrons. The topological polar surface area (TPSA) is 50.6 Å². The Morgan fingerprint density at radius 1 is 1.30 bits per heavy atom. The fourth-order valence-electron chi connectivity index (χ4n) is 3.12. The van der Waals surface area contributed by atoms with Crippen LogP contribution in [-0.4, -0.2) is 64.9 Å².